The molecule has 6 nitrogen and oxygen atoms in total. The average molecular weight is 542 g/mol. The topological polar surface area (TPSA) is 67.4 Å². The van der Waals surface area contributed by atoms with Gasteiger partial charge in [-0.25, -0.2) is 14.4 Å². The molecule has 200 valence electrons. The van der Waals surface area contributed by atoms with Gasteiger partial charge in [-0.1, -0.05) is 56.7 Å². The molecule has 0 atom stereocenters. The summed E-state index contributed by atoms with van der Waals surface area (Å²) in [5.41, 5.74) is 3.53. The van der Waals surface area contributed by atoms with E-state index in [4.69, 9.17) is 13.8 Å². The van der Waals surface area contributed by atoms with E-state index >= 15 is 4.39 Å². The third-order valence-corrected chi connectivity index (χ3v) is 11.7. The molecule has 0 saturated carbocycles. The van der Waals surface area contributed by atoms with Crippen LogP contribution in [0.1, 0.15) is 43.2 Å². The van der Waals surface area contributed by atoms with Crippen LogP contribution in [0.5, 0.6) is 5.75 Å². The number of fused-ring (bicyclic) bond motifs is 1. The number of furan rings is 1. The van der Waals surface area contributed by atoms with Crippen molar-refractivity contribution in [1.29, 1.82) is 0 Å². The highest BCUT2D eigenvalue weighted by molar-refractivity contribution is 6.74. The third kappa shape index (κ3) is 5.29. The fraction of sp³-hybridized carbons (Fsp3) is 0.258. The minimum absolute atomic E-state index is 0.0945. The molecular formula is C31H32FN3O3Si. The van der Waals surface area contributed by atoms with Crippen LogP contribution < -0.4 is 4.43 Å². The lowest BCUT2D eigenvalue weighted by molar-refractivity contribution is -0.120. The second kappa shape index (κ2) is 9.93. The monoisotopic (exact) mass is 541 g/mol. The molecule has 2 aliphatic heterocycles. The first-order valence-corrected chi connectivity index (χ1v) is 15.8. The lowest BCUT2D eigenvalue weighted by Crippen LogP contribution is -2.44. The lowest BCUT2D eigenvalue weighted by Gasteiger charge is -2.36. The molecule has 39 heavy (non-hydrogen) atoms. The first kappa shape index (κ1) is 26.6. The molecule has 0 spiro atoms. The fourth-order valence-electron chi connectivity index (χ4n) is 4.19. The number of hydrogen-bond donors (Lipinski definition) is 0. The van der Waals surface area contributed by atoms with Crippen molar-refractivity contribution in [3.05, 3.63) is 101 Å². The summed E-state index contributed by atoms with van der Waals surface area (Å²) in [6.07, 6.45) is 5.12. The maximum atomic E-state index is 16.0. The Hall–Kier alpha value is -4.04. The molecule has 0 bridgehead atoms. The largest absolute Gasteiger partial charge is 0.542 e. The molecule has 0 radical (unpaired) electrons. The van der Waals surface area contributed by atoms with E-state index in [1.54, 1.807) is 42.6 Å². The Labute approximate surface area is 229 Å². The van der Waals surface area contributed by atoms with Gasteiger partial charge in [0.25, 0.3) is 14.2 Å². The third-order valence-electron chi connectivity index (χ3n) is 7.34. The zero-order valence-corrected chi connectivity index (χ0v) is 24.1. The second-order valence-electron chi connectivity index (χ2n) is 11.4. The van der Waals surface area contributed by atoms with E-state index in [0.29, 0.717) is 29.4 Å². The van der Waals surface area contributed by atoms with Gasteiger partial charge in [0, 0.05) is 24.3 Å². The smallest absolute Gasteiger partial charge is 0.282 e. The number of amides is 1. The Bertz CT molecular complexity index is 1560. The van der Waals surface area contributed by atoms with Gasteiger partial charge >= 0.3 is 0 Å². The molecule has 0 aliphatic carbocycles. The Kier molecular flexibility index (Phi) is 6.76. The first-order chi connectivity index (χ1) is 18.4. The Balaban J connectivity index is 1.58. The Morgan fingerprint density at radius 2 is 1.85 bits per heavy atom. The molecule has 5 rings (SSSR count). The van der Waals surface area contributed by atoms with Crippen molar-refractivity contribution in [2.75, 3.05) is 0 Å². The molecule has 2 aromatic carbocycles. The van der Waals surface area contributed by atoms with E-state index in [2.05, 4.69) is 44.9 Å². The van der Waals surface area contributed by atoms with Gasteiger partial charge < -0.3 is 8.84 Å². The zero-order valence-electron chi connectivity index (χ0n) is 23.1. The highest BCUT2D eigenvalue weighted by Gasteiger charge is 2.40. The number of amidine groups is 1. The van der Waals surface area contributed by atoms with Gasteiger partial charge in [-0.05, 0) is 54.9 Å². The van der Waals surface area contributed by atoms with E-state index < -0.39 is 14.1 Å². The number of aryl methyl sites for hydroxylation is 1. The molecule has 0 N–H and O–H groups in total. The maximum absolute atomic E-state index is 16.0. The summed E-state index contributed by atoms with van der Waals surface area (Å²) in [5.74, 6) is 0.318. The van der Waals surface area contributed by atoms with E-state index in [0.717, 1.165) is 11.1 Å². The molecule has 0 saturated heterocycles. The van der Waals surface area contributed by atoms with Crippen LogP contribution in [-0.4, -0.2) is 30.7 Å². The number of carbonyl (C=O) groups excluding carboxylic acids is 1. The normalized spacial score (nSPS) is 16.7. The summed E-state index contributed by atoms with van der Waals surface area (Å²) >= 11 is 0. The van der Waals surface area contributed by atoms with Crippen molar-refractivity contribution in [2.24, 2.45) is 9.98 Å². The van der Waals surface area contributed by atoms with Crippen LogP contribution in [0, 0.1) is 12.7 Å². The molecule has 3 heterocycles. The van der Waals surface area contributed by atoms with Gasteiger partial charge in [-0.3, -0.25) is 9.69 Å². The van der Waals surface area contributed by atoms with Gasteiger partial charge in [0.2, 0.25) is 0 Å². The van der Waals surface area contributed by atoms with Gasteiger partial charge in [-0.2, -0.15) is 0 Å². The van der Waals surface area contributed by atoms with Crippen LogP contribution in [0.15, 0.2) is 87.2 Å². The summed E-state index contributed by atoms with van der Waals surface area (Å²) in [6, 6.07) is 16.6. The molecule has 1 amide bonds. The summed E-state index contributed by atoms with van der Waals surface area (Å²) < 4.78 is 27.7. The number of carbonyl (C=O) groups is 1. The molecule has 0 fully saturated rings. The van der Waals surface area contributed by atoms with Gasteiger partial charge in [0.1, 0.15) is 17.2 Å². The van der Waals surface area contributed by atoms with E-state index in [9.17, 15) is 4.79 Å². The molecular weight excluding hydrogens is 509 g/mol. The van der Waals surface area contributed by atoms with Gasteiger partial charge in [0.15, 0.2) is 11.7 Å². The number of benzene rings is 2. The van der Waals surface area contributed by atoms with Crippen molar-refractivity contribution in [3.63, 3.8) is 0 Å². The first-order valence-electron chi connectivity index (χ1n) is 12.9. The standard InChI is InChI=1S/C31H32FN3O3Si/c1-20-10-7-11-21(16-20)17-24-29-34-25(18-22-12-9-15-37-22)30(36)35(29)19-26(33-24)23-13-8-14-27(28(23)32)38-39(5,6)31(2,3)4/h7-16,18-19H,17H2,1-6H3. The summed E-state index contributed by atoms with van der Waals surface area (Å²) in [5, 5.41) is -0.0945. The number of hydrogen-bond acceptors (Lipinski definition) is 5. The van der Waals surface area contributed by atoms with E-state index in [1.165, 1.54) is 11.2 Å². The minimum Gasteiger partial charge on any atom is -0.542 e. The van der Waals surface area contributed by atoms with Crippen LogP contribution >= 0.6 is 0 Å². The highest BCUT2D eigenvalue weighted by atomic mass is 28.4. The van der Waals surface area contributed by atoms with E-state index in [-0.39, 0.29) is 28.0 Å². The molecule has 0 unspecified atom stereocenters. The van der Waals surface area contributed by atoms with Crippen molar-refractivity contribution < 1.29 is 18.0 Å². The highest BCUT2D eigenvalue weighted by Crippen LogP contribution is 2.39. The maximum Gasteiger partial charge on any atom is 0.282 e. The van der Waals surface area contributed by atoms with Crippen molar-refractivity contribution in [1.82, 2.24) is 4.90 Å². The average Bonchev–Trinajstić information content (AvgIpc) is 3.48. The van der Waals surface area contributed by atoms with Crippen LogP contribution in [-0.2, 0) is 11.2 Å². The number of rotatable bonds is 6. The molecule has 8 heteroatoms. The SMILES string of the molecule is Cc1cccc(CC2=NC(c3cccc(O[Si](C)(C)C(C)(C)C)c3F)=CN3C(=O)C(=Cc4ccco4)N=C23)c1. The van der Waals surface area contributed by atoms with Crippen LogP contribution in [0.3, 0.4) is 0 Å². The second-order valence-corrected chi connectivity index (χ2v) is 16.1. The molecule has 2 aliphatic rings. The lowest BCUT2D eigenvalue weighted by atomic mass is 10.0. The Morgan fingerprint density at radius 1 is 1.08 bits per heavy atom. The van der Waals surface area contributed by atoms with Crippen molar-refractivity contribution in [2.45, 2.75) is 52.2 Å². The Morgan fingerprint density at radius 3 is 2.54 bits per heavy atom. The van der Waals surface area contributed by atoms with Gasteiger partial charge in [0.05, 0.1) is 17.7 Å². The summed E-state index contributed by atoms with van der Waals surface area (Å²) in [4.78, 5) is 24.3. The quantitative estimate of drug-likeness (QED) is 0.241. The minimum atomic E-state index is -2.29. The predicted molar refractivity (Wildman–Crippen MR) is 155 cm³/mol. The van der Waals surface area contributed by atoms with E-state index in [1.807, 2.05) is 25.1 Å². The van der Waals surface area contributed by atoms with Crippen molar-refractivity contribution >= 4 is 37.5 Å². The summed E-state index contributed by atoms with van der Waals surface area (Å²) in [6.45, 7) is 12.5. The zero-order chi connectivity index (χ0) is 27.9. The summed E-state index contributed by atoms with van der Waals surface area (Å²) in [7, 11) is -2.29. The number of halogens is 1. The fourth-order valence-corrected chi connectivity index (χ4v) is 5.20. The van der Waals surface area contributed by atoms with Crippen LogP contribution in [0.4, 0.5) is 4.39 Å². The number of aliphatic imine (C=N–C) groups is 2. The predicted octanol–water partition coefficient (Wildman–Crippen LogP) is 7.39. The van der Waals surface area contributed by atoms with Crippen LogP contribution in [0.25, 0.3) is 11.8 Å². The number of nitrogens with zero attached hydrogens (tertiary/aromatic N) is 3. The van der Waals surface area contributed by atoms with Crippen LogP contribution in [0.2, 0.25) is 18.1 Å². The van der Waals surface area contributed by atoms with Crippen molar-refractivity contribution in [3.8, 4) is 5.75 Å². The van der Waals surface area contributed by atoms with Gasteiger partial charge in [-0.15, -0.1) is 0 Å². The molecule has 1 aromatic heterocycles. The molecule has 3 aromatic rings.